The molecule has 0 aliphatic heterocycles. The molecule has 0 fully saturated rings. The highest BCUT2D eigenvalue weighted by Gasteiger charge is 1.97. The molecule has 0 radical (unpaired) electrons. The van der Waals surface area contributed by atoms with E-state index in [1.807, 2.05) is 0 Å². The van der Waals surface area contributed by atoms with E-state index in [0.717, 1.165) is 0 Å². The van der Waals surface area contributed by atoms with E-state index in [9.17, 15) is 4.39 Å². The summed E-state index contributed by atoms with van der Waals surface area (Å²) in [6.45, 7) is 4.74. The molecule has 1 aromatic rings. The predicted molar refractivity (Wildman–Crippen MR) is 44.5 cm³/mol. The molecule has 12 heavy (non-hydrogen) atoms. The average Bonchev–Trinajstić information content (AvgIpc) is 2.03. The summed E-state index contributed by atoms with van der Waals surface area (Å²) < 4.78 is 17.6. The van der Waals surface area contributed by atoms with Crippen molar-refractivity contribution in [3.8, 4) is 5.75 Å². The largest absolute Gasteiger partial charge is 0.492 e. The van der Waals surface area contributed by atoms with Gasteiger partial charge in [-0.25, -0.2) is 4.98 Å². The van der Waals surface area contributed by atoms with E-state index in [-0.39, 0.29) is 0 Å². The zero-order valence-corrected chi connectivity index (χ0v) is 7.25. The Hall–Kier alpha value is -1.12. The lowest BCUT2D eigenvalue weighted by Crippen LogP contribution is -2.04. The Kier molecular flexibility index (Phi) is 3.02. The molecule has 0 atom stereocenters. The van der Waals surface area contributed by atoms with E-state index in [0.29, 0.717) is 18.3 Å². The van der Waals surface area contributed by atoms with E-state index in [1.165, 1.54) is 12.3 Å². The molecule has 0 aromatic carbocycles. The van der Waals surface area contributed by atoms with Crippen molar-refractivity contribution >= 4 is 0 Å². The lowest BCUT2D eigenvalue weighted by molar-refractivity contribution is 0.269. The highest BCUT2D eigenvalue weighted by Crippen LogP contribution is 2.09. The SMILES string of the molecule is CC(C)COc1ccc(F)nc1. The third-order valence-corrected chi connectivity index (χ3v) is 1.28. The molecule has 0 saturated heterocycles. The van der Waals surface area contributed by atoms with Crippen LogP contribution in [0.1, 0.15) is 13.8 Å². The van der Waals surface area contributed by atoms with E-state index >= 15 is 0 Å². The third kappa shape index (κ3) is 2.86. The van der Waals surface area contributed by atoms with E-state index in [1.54, 1.807) is 6.07 Å². The summed E-state index contributed by atoms with van der Waals surface area (Å²) >= 11 is 0. The fourth-order valence-electron chi connectivity index (χ4n) is 0.711. The van der Waals surface area contributed by atoms with Gasteiger partial charge in [0.05, 0.1) is 12.8 Å². The first-order chi connectivity index (χ1) is 5.68. The Balaban J connectivity index is 2.48. The van der Waals surface area contributed by atoms with E-state index in [4.69, 9.17) is 4.74 Å². The second-order valence-corrected chi connectivity index (χ2v) is 3.02. The zero-order valence-electron chi connectivity index (χ0n) is 7.25. The lowest BCUT2D eigenvalue weighted by Gasteiger charge is -2.07. The van der Waals surface area contributed by atoms with Crippen LogP contribution in [0.15, 0.2) is 18.3 Å². The molecule has 0 amide bonds. The van der Waals surface area contributed by atoms with Crippen LogP contribution in [-0.4, -0.2) is 11.6 Å². The van der Waals surface area contributed by atoms with Crippen LogP contribution in [0.5, 0.6) is 5.75 Å². The standard InChI is InChI=1S/C9H12FNO/c1-7(2)6-12-8-3-4-9(10)11-5-8/h3-5,7H,6H2,1-2H3. The summed E-state index contributed by atoms with van der Waals surface area (Å²) in [6.07, 6.45) is 1.39. The van der Waals surface area contributed by atoms with Gasteiger partial charge in [0.15, 0.2) is 0 Å². The van der Waals surface area contributed by atoms with Crippen molar-refractivity contribution < 1.29 is 9.13 Å². The first kappa shape index (κ1) is 8.97. The fraction of sp³-hybridized carbons (Fsp3) is 0.444. The Bertz CT molecular complexity index is 233. The summed E-state index contributed by atoms with van der Waals surface area (Å²) in [7, 11) is 0. The van der Waals surface area contributed by atoms with Gasteiger partial charge in [-0.05, 0) is 18.1 Å². The van der Waals surface area contributed by atoms with E-state index < -0.39 is 5.95 Å². The first-order valence-electron chi connectivity index (χ1n) is 3.93. The molecule has 1 aromatic heterocycles. The second-order valence-electron chi connectivity index (χ2n) is 3.02. The molecule has 0 saturated carbocycles. The summed E-state index contributed by atoms with van der Waals surface area (Å²) in [5, 5.41) is 0. The van der Waals surface area contributed by atoms with E-state index in [2.05, 4.69) is 18.8 Å². The molecule has 66 valence electrons. The Labute approximate surface area is 71.4 Å². The smallest absolute Gasteiger partial charge is 0.213 e. The molecule has 0 aliphatic rings. The predicted octanol–water partition coefficient (Wildman–Crippen LogP) is 2.26. The summed E-state index contributed by atoms with van der Waals surface area (Å²) in [5.74, 6) is 0.604. The van der Waals surface area contributed by atoms with Gasteiger partial charge in [-0.2, -0.15) is 4.39 Å². The molecule has 1 rings (SSSR count). The van der Waals surface area contributed by atoms with Crippen molar-refractivity contribution in [2.75, 3.05) is 6.61 Å². The van der Waals surface area contributed by atoms with Gasteiger partial charge >= 0.3 is 0 Å². The molecule has 0 spiro atoms. The monoisotopic (exact) mass is 169 g/mol. The van der Waals surface area contributed by atoms with Crippen LogP contribution in [-0.2, 0) is 0 Å². The third-order valence-electron chi connectivity index (χ3n) is 1.28. The topological polar surface area (TPSA) is 22.1 Å². The number of hydrogen-bond donors (Lipinski definition) is 0. The number of halogens is 1. The molecule has 0 unspecified atom stereocenters. The van der Waals surface area contributed by atoms with Crippen LogP contribution >= 0.6 is 0 Å². The highest BCUT2D eigenvalue weighted by atomic mass is 19.1. The number of ether oxygens (including phenoxy) is 1. The fourth-order valence-corrected chi connectivity index (χ4v) is 0.711. The number of rotatable bonds is 3. The van der Waals surface area contributed by atoms with Crippen molar-refractivity contribution in [1.29, 1.82) is 0 Å². The van der Waals surface area contributed by atoms with Crippen molar-refractivity contribution in [3.63, 3.8) is 0 Å². The maximum atomic E-state index is 12.3. The lowest BCUT2D eigenvalue weighted by atomic mass is 10.2. The number of pyridine rings is 1. The van der Waals surface area contributed by atoms with Crippen molar-refractivity contribution in [2.45, 2.75) is 13.8 Å². The molecule has 3 heteroatoms. The van der Waals surface area contributed by atoms with Crippen molar-refractivity contribution in [2.24, 2.45) is 5.92 Å². The van der Waals surface area contributed by atoms with Crippen molar-refractivity contribution in [1.82, 2.24) is 4.98 Å². The Morgan fingerprint density at radius 1 is 1.50 bits per heavy atom. The van der Waals surface area contributed by atoms with Gasteiger partial charge < -0.3 is 4.74 Å². The number of hydrogen-bond acceptors (Lipinski definition) is 2. The molecular formula is C9H12FNO. The van der Waals surface area contributed by atoms with Gasteiger partial charge in [-0.3, -0.25) is 0 Å². The quantitative estimate of drug-likeness (QED) is 0.647. The number of aromatic nitrogens is 1. The molecule has 2 nitrogen and oxygen atoms in total. The summed E-state index contributed by atoms with van der Waals surface area (Å²) in [5.41, 5.74) is 0. The summed E-state index contributed by atoms with van der Waals surface area (Å²) in [4.78, 5) is 3.47. The molecule has 0 N–H and O–H groups in total. The maximum absolute atomic E-state index is 12.3. The van der Waals surface area contributed by atoms with Crippen molar-refractivity contribution in [3.05, 3.63) is 24.3 Å². The van der Waals surface area contributed by atoms with Crippen LogP contribution in [0.4, 0.5) is 4.39 Å². The van der Waals surface area contributed by atoms with Crippen LogP contribution < -0.4 is 4.74 Å². The Morgan fingerprint density at radius 3 is 2.75 bits per heavy atom. The van der Waals surface area contributed by atoms with Gasteiger partial charge in [-0.15, -0.1) is 0 Å². The van der Waals surface area contributed by atoms with Crippen LogP contribution in [0.2, 0.25) is 0 Å². The first-order valence-corrected chi connectivity index (χ1v) is 3.93. The van der Waals surface area contributed by atoms with Crippen LogP contribution in [0.25, 0.3) is 0 Å². The van der Waals surface area contributed by atoms with Gasteiger partial charge in [0.25, 0.3) is 0 Å². The van der Waals surface area contributed by atoms with Gasteiger partial charge in [-0.1, -0.05) is 13.8 Å². The van der Waals surface area contributed by atoms with Crippen LogP contribution in [0.3, 0.4) is 0 Å². The molecule has 1 heterocycles. The minimum absolute atomic E-state index is 0.468. The number of nitrogens with zero attached hydrogens (tertiary/aromatic N) is 1. The van der Waals surface area contributed by atoms with Gasteiger partial charge in [0.2, 0.25) is 5.95 Å². The van der Waals surface area contributed by atoms with Gasteiger partial charge in [0, 0.05) is 0 Å². The zero-order chi connectivity index (χ0) is 8.97. The molecule has 0 aliphatic carbocycles. The minimum Gasteiger partial charge on any atom is -0.492 e. The minimum atomic E-state index is -0.480. The highest BCUT2D eigenvalue weighted by molar-refractivity contribution is 5.15. The second kappa shape index (κ2) is 4.04. The Morgan fingerprint density at radius 2 is 2.25 bits per heavy atom. The maximum Gasteiger partial charge on any atom is 0.213 e. The molecular weight excluding hydrogens is 157 g/mol. The van der Waals surface area contributed by atoms with Gasteiger partial charge in [0.1, 0.15) is 5.75 Å². The average molecular weight is 169 g/mol. The summed E-state index contributed by atoms with van der Waals surface area (Å²) in [6, 6.07) is 2.86. The molecule has 0 bridgehead atoms. The van der Waals surface area contributed by atoms with Crippen LogP contribution in [0, 0.1) is 11.9 Å². The normalized spacial score (nSPS) is 10.3.